The summed E-state index contributed by atoms with van der Waals surface area (Å²) < 4.78 is 10.4. The van der Waals surface area contributed by atoms with E-state index in [0.717, 1.165) is 58.3 Å². The van der Waals surface area contributed by atoms with E-state index in [1.807, 2.05) is 54.6 Å². The lowest BCUT2D eigenvalue weighted by Crippen LogP contribution is -2.15. The fourth-order valence-corrected chi connectivity index (χ4v) is 3.78. The lowest BCUT2D eigenvalue weighted by molar-refractivity contribution is 0.0556. The van der Waals surface area contributed by atoms with Gasteiger partial charge in [0.25, 0.3) is 0 Å². The number of allylic oxidation sites excluding steroid dienone is 1. The SMILES string of the molecule is COc1ccc(/C=C2/CCCc3c2nc2ccccc2c3C(=O)OCC#N)cc1. The topological polar surface area (TPSA) is 72.2 Å². The number of esters is 1. The first-order valence-electron chi connectivity index (χ1n) is 9.52. The van der Waals surface area contributed by atoms with Crippen LogP contribution in [0, 0.1) is 11.3 Å². The lowest BCUT2D eigenvalue weighted by Gasteiger charge is -2.22. The highest BCUT2D eigenvalue weighted by Gasteiger charge is 2.25. The third kappa shape index (κ3) is 3.70. The summed E-state index contributed by atoms with van der Waals surface area (Å²) >= 11 is 0. The van der Waals surface area contributed by atoms with E-state index in [0.29, 0.717) is 5.56 Å². The van der Waals surface area contributed by atoms with Crippen LogP contribution in [0.3, 0.4) is 0 Å². The van der Waals surface area contributed by atoms with Gasteiger partial charge >= 0.3 is 5.97 Å². The van der Waals surface area contributed by atoms with Gasteiger partial charge in [-0.25, -0.2) is 9.78 Å². The maximum Gasteiger partial charge on any atom is 0.340 e. The van der Waals surface area contributed by atoms with Crippen LogP contribution in [0.2, 0.25) is 0 Å². The van der Waals surface area contributed by atoms with Gasteiger partial charge in [-0.05, 0) is 60.2 Å². The number of ether oxygens (including phenoxy) is 2. The van der Waals surface area contributed by atoms with Gasteiger partial charge in [-0.1, -0.05) is 30.3 Å². The Morgan fingerprint density at radius 2 is 1.97 bits per heavy atom. The second-order valence-corrected chi connectivity index (χ2v) is 6.86. The van der Waals surface area contributed by atoms with E-state index >= 15 is 0 Å². The third-order valence-corrected chi connectivity index (χ3v) is 5.10. The molecule has 5 heteroatoms. The zero-order valence-corrected chi connectivity index (χ0v) is 16.1. The van der Waals surface area contributed by atoms with E-state index in [4.69, 9.17) is 19.7 Å². The van der Waals surface area contributed by atoms with Crippen molar-refractivity contribution in [3.8, 4) is 11.8 Å². The van der Waals surface area contributed by atoms with Crippen LogP contribution < -0.4 is 4.74 Å². The van der Waals surface area contributed by atoms with Gasteiger partial charge < -0.3 is 9.47 Å². The van der Waals surface area contributed by atoms with E-state index < -0.39 is 5.97 Å². The van der Waals surface area contributed by atoms with Crippen molar-refractivity contribution in [1.82, 2.24) is 4.98 Å². The number of hydrogen-bond donors (Lipinski definition) is 0. The average Bonchev–Trinajstić information content (AvgIpc) is 2.76. The Hall–Kier alpha value is -3.65. The number of benzene rings is 2. The number of carbonyl (C=O) groups is 1. The predicted molar refractivity (Wildman–Crippen MR) is 111 cm³/mol. The van der Waals surface area contributed by atoms with Crippen molar-refractivity contribution in [1.29, 1.82) is 5.26 Å². The largest absolute Gasteiger partial charge is 0.497 e. The number of carbonyl (C=O) groups excluding carboxylic acids is 1. The number of hydrogen-bond acceptors (Lipinski definition) is 5. The van der Waals surface area contributed by atoms with Crippen molar-refractivity contribution in [3.63, 3.8) is 0 Å². The molecule has 2 aromatic carbocycles. The first-order chi connectivity index (χ1) is 14.2. The molecule has 0 saturated carbocycles. The Morgan fingerprint density at radius 1 is 1.17 bits per heavy atom. The van der Waals surface area contributed by atoms with Crippen molar-refractivity contribution in [3.05, 3.63) is 70.9 Å². The van der Waals surface area contributed by atoms with Gasteiger partial charge in [0.1, 0.15) is 11.8 Å². The summed E-state index contributed by atoms with van der Waals surface area (Å²) in [7, 11) is 1.65. The zero-order valence-electron chi connectivity index (χ0n) is 16.1. The van der Waals surface area contributed by atoms with Gasteiger partial charge in [-0.15, -0.1) is 0 Å². The van der Waals surface area contributed by atoms with Crippen LogP contribution in [0.4, 0.5) is 0 Å². The van der Waals surface area contributed by atoms with Gasteiger partial charge in [0, 0.05) is 5.39 Å². The number of methoxy groups -OCH3 is 1. The molecule has 0 fully saturated rings. The molecular weight excluding hydrogens is 364 g/mol. The summed E-state index contributed by atoms with van der Waals surface area (Å²) in [6.07, 6.45) is 4.68. The van der Waals surface area contributed by atoms with Gasteiger partial charge in [0.2, 0.25) is 0 Å². The van der Waals surface area contributed by atoms with Crippen molar-refractivity contribution >= 4 is 28.5 Å². The van der Waals surface area contributed by atoms with Crippen molar-refractivity contribution in [2.45, 2.75) is 19.3 Å². The molecule has 0 atom stereocenters. The van der Waals surface area contributed by atoms with Gasteiger partial charge in [0.15, 0.2) is 6.61 Å². The monoisotopic (exact) mass is 384 g/mol. The molecule has 4 rings (SSSR count). The van der Waals surface area contributed by atoms with E-state index in [2.05, 4.69) is 6.08 Å². The fourth-order valence-electron chi connectivity index (χ4n) is 3.78. The first-order valence-corrected chi connectivity index (χ1v) is 9.52. The molecule has 1 aromatic heterocycles. The minimum absolute atomic E-state index is 0.265. The maximum absolute atomic E-state index is 12.8. The number of pyridine rings is 1. The van der Waals surface area contributed by atoms with Gasteiger partial charge in [-0.2, -0.15) is 5.26 Å². The molecule has 0 N–H and O–H groups in total. The number of nitriles is 1. The quantitative estimate of drug-likeness (QED) is 0.604. The molecule has 0 aliphatic heterocycles. The standard InChI is InChI=1S/C24H20N2O3/c1-28-18-11-9-16(10-12-18)15-17-5-4-7-20-22(24(27)29-14-13-25)19-6-2-3-8-21(19)26-23(17)20/h2-3,6,8-12,15H,4-5,7,14H2,1H3/b17-15-. The lowest BCUT2D eigenvalue weighted by atomic mass is 9.86. The molecule has 0 spiro atoms. The summed E-state index contributed by atoms with van der Waals surface area (Å²) in [5, 5.41) is 9.56. The van der Waals surface area contributed by atoms with Crippen molar-refractivity contribution in [2.75, 3.05) is 13.7 Å². The normalized spacial score (nSPS) is 14.3. The summed E-state index contributed by atoms with van der Waals surface area (Å²) in [6, 6.07) is 17.3. The molecular formula is C24H20N2O3. The highest BCUT2D eigenvalue weighted by molar-refractivity contribution is 6.06. The molecule has 144 valence electrons. The summed E-state index contributed by atoms with van der Waals surface area (Å²) in [6.45, 7) is -0.265. The van der Waals surface area contributed by atoms with Gasteiger partial charge in [0.05, 0.1) is 23.9 Å². The highest BCUT2D eigenvalue weighted by Crippen LogP contribution is 2.36. The Balaban J connectivity index is 1.86. The number of nitrogens with zero attached hydrogens (tertiary/aromatic N) is 2. The first kappa shape index (κ1) is 18.7. The molecule has 5 nitrogen and oxygen atoms in total. The van der Waals surface area contributed by atoms with Crippen LogP contribution in [0.5, 0.6) is 5.75 Å². The molecule has 1 aliphatic rings. The average molecular weight is 384 g/mol. The molecule has 3 aromatic rings. The van der Waals surface area contributed by atoms with E-state index in [-0.39, 0.29) is 6.61 Å². The van der Waals surface area contributed by atoms with Crippen LogP contribution in [0.1, 0.15) is 40.0 Å². The number of rotatable bonds is 4. The number of fused-ring (bicyclic) bond motifs is 2. The molecule has 0 bridgehead atoms. The van der Waals surface area contributed by atoms with Crippen LogP contribution >= 0.6 is 0 Å². The molecule has 0 radical (unpaired) electrons. The number of aromatic nitrogens is 1. The molecule has 1 aliphatic carbocycles. The highest BCUT2D eigenvalue weighted by atomic mass is 16.5. The predicted octanol–water partition coefficient (Wildman–Crippen LogP) is 4.80. The second-order valence-electron chi connectivity index (χ2n) is 6.86. The minimum atomic E-state index is -0.466. The Labute approximate surface area is 169 Å². The van der Waals surface area contributed by atoms with Crippen LogP contribution in [-0.2, 0) is 11.2 Å². The maximum atomic E-state index is 12.8. The van der Waals surface area contributed by atoms with E-state index in [9.17, 15) is 4.79 Å². The van der Waals surface area contributed by atoms with Crippen LogP contribution in [-0.4, -0.2) is 24.7 Å². The minimum Gasteiger partial charge on any atom is -0.497 e. The molecule has 0 amide bonds. The summed E-state index contributed by atoms with van der Waals surface area (Å²) in [4.78, 5) is 17.7. The molecule has 29 heavy (non-hydrogen) atoms. The fraction of sp³-hybridized carbons (Fsp3) is 0.208. The van der Waals surface area contributed by atoms with E-state index in [1.165, 1.54) is 0 Å². The second kappa shape index (κ2) is 8.15. The molecule has 0 saturated heterocycles. The Bertz CT molecular complexity index is 1140. The molecule has 0 unspecified atom stereocenters. The molecule has 1 heterocycles. The van der Waals surface area contributed by atoms with Gasteiger partial charge in [-0.3, -0.25) is 0 Å². The van der Waals surface area contributed by atoms with Crippen LogP contribution in [0.25, 0.3) is 22.6 Å². The number of para-hydroxylation sites is 1. The Kier molecular flexibility index (Phi) is 5.26. The summed E-state index contributed by atoms with van der Waals surface area (Å²) in [5.41, 5.74) is 5.17. The summed E-state index contributed by atoms with van der Waals surface area (Å²) in [5.74, 6) is 0.343. The third-order valence-electron chi connectivity index (χ3n) is 5.10. The Morgan fingerprint density at radius 3 is 2.72 bits per heavy atom. The zero-order chi connectivity index (χ0) is 20.2. The smallest absolute Gasteiger partial charge is 0.340 e. The van der Waals surface area contributed by atoms with Crippen LogP contribution in [0.15, 0.2) is 48.5 Å². The van der Waals surface area contributed by atoms with E-state index in [1.54, 1.807) is 7.11 Å². The van der Waals surface area contributed by atoms with Crippen molar-refractivity contribution in [2.24, 2.45) is 0 Å². The van der Waals surface area contributed by atoms with Crippen molar-refractivity contribution < 1.29 is 14.3 Å².